The van der Waals surface area contributed by atoms with Gasteiger partial charge in [-0.1, -0.05) is 18.2 Å². The van der Waals surface area contributed by atoms with Crippen LogP contribution in [-0.4, -0.2) is 61.0 Å². The van der Waals surface area contributed by atoms with Gasteiger partial charge in [0.15, 0.2) is 0 Å². The van der Waals surface area contributed by atoms with Crippen LogP contribution in [0.15, 0.2) is 11.6 Å². The molecule has 1 atom stereocenters. The van der Waals surface area contributed by atoms with Crippen molar-refractivity contribution in [1.82, 2.24) is 15.1 Å². The number of amides is 1. The molecule has 1 N–H and O–H groups in total. The molecule has 0 aromatic rings. The van der Waals surface area contributed by atoms with E-state index in [1.165, 1.54) is 0 Å². The minimum atomic E-state index is -0.255. The van der Waals surface area contributed by atoms with Crippen LogP contribution >= 0.6 is 11.6 Å². The summed E-state index contributed by atoms with van der Waals surface area (Å²) in [5.41, 5.74) is 0. The Balaban J connectivity index is 1.80. The van der Waals surface area contributed by atoms with Gasteiger partial charge in [-0.15, -0.1) is 0 Å². The molecule has 3 rings (SSSR count). The number of carbonyl (C=O) groups excluding carboxylic acids is 1. The summed E-state index contributed by atoms with van der Waals surface area (Å²) in [7, 11) is 0. The SMILES string of the molecule is C=C(Cl)C(=O)NCC1CN2CCN1CC2. The molecule has 2 bridgehead atoms. The monoisotopic (exact) mass is 229 g/mol. The molecule has 84 valence electrons. The predicted molar refractivity (Wildman–Crippen MR) is 59.8 cm³/mol. The highest BCUT2D eigenvalue weighted by atomic mass is 35.5. The number of fused-ring (bicyclic) bond motifs is 3. The van der Waals surface area contributed by atoms with Crippen LogP contribution in [0.5, 0.6) is 0 Å². The molecule has 5 heteroatoms. The molecule has 0 spiro atoms. The molecule has 3 aliphatic rings. The quantitative estimate of drug-likeness (QED) is 0.684. The van der Waals surface area contributed by atoms with E-state index in [-0.39, 0.29) is 10.9 Å². The van der Waals surface area contributed by atoms with Crippen molar-refractivity contribution in [3.05, 3.63) is 11.6 Å². The van der Waals surface area contributed by atoms with Crippen LogP contribution in [0.2, 0.25) is 0 Å². The van der Waals surface area contributed by atoms with Gasteiger partial charge in [0.2, 0.25) is 0 Å². The maximum absolute atomic E-state index is 11.2. The Hall–Kier alpha value is -0.580. The zero-order valence-electron chi connectivity index (χ0n) is 8.71. The van der Waals surface area contributed by atoms with Crippen molar-refractivity contribution in [3.63, 3.8) is 0 Å². The summed E-state index contributed by atoms with van der Waals surface area (Å²) in [6, 6.07) is 0.437. The van der Waals surface area contributed by atoms with E-state index in [2.05, 4.69) is 21.7 Å². The lowest BCUT2D eigenvalue weighted by atomic mass is 10.1. The Morgan fingerprint density at radius 3 is 2.53 bits per heavy atom. The van der Waals surface area contributed by atoms with Gasteiger partial charge in [-0.25, -0.2) is 0 Å². The van der Waals surface area contributed by atoms with Crippen LogP contribution in [0, 0.1) is 0 Å². The van der Waals surface area contributed by atoms with E-state index in [1.54, 1.807) is 0 Å². The number of nitrogens with zero attached hydrogens (tertiary/aromatic N) is 2. The number of halogens is 1. The minimum absolute atomic E-state index is 0.0614. The average molecular weight is 230 g/mol. The van der Waals surface area contributed by atoms with Gasteiger partial charge in [0.25, 0.3) is 5.91 Å². The molecule has 1 amide bonds. The summed E-state index contributed by atoms with van der Waals surface area (Å²) in [6.45, 7) is 9.66. The van der Waals surface area contributed by atoms with Crippen LogP contribution in [0.1, 0.15) is 0 Å². The van der Waals surface area contributed by atoms with Crippen molar-refractivity contribution in [3.8, 4) is 0 Å². The fourth-order valence-electron chi connectivity index (χ4n) is 2.22. The van der Waals surface area contributed by atoms with Crippen LogP contribution in [0.4, 0.5) is 0 Å². The Labute approximate surface area is 94.9 Å². The molecule has 0 aliphatic carbocycles. The van der Waals surface area contributed by atoms with Gasteiger partial charge in [0, 0.05) is 45.3 Å². The molecule has 4 nitrogen and oxygen atoms in total. The maximum Gasteiger partial charge on any atom is 0.262 e. The van der Waals surface area contributed by atoms with E-state index >= 15 is 0 Å². The van der Waals surface area contributed by atoms with Gasteiger partial charge >= 0.3 is 0 Å². The van der Waals surface area contributed by atoms with Gasteiger partial charge in [0.05, 0.1) is 5.03 Å². The summed E-state index contributed by atoms with van der Waals surface area (Å²) >= 11 is 5.49. The van der Waals surface area contributed by atoms with Gasteiger partial charge in [-0.3, -0.25) is 14.6 Å². The summed E-state index contributed by atoms with van der Waals surface area (Å²) in [4.78, 5) is 16.1. The molecular formula is C10H16ClN3O. The largest absolute Gasteiger partial charge is 0.350 e. The molecule has 0 aromatic carbocycles. The summed E-state index contributed by atoms with van der Waals surface area (Å²) in [5, 5.41) is 2.86. The topological polar surface area (TPSA) is 35.6 Å². The van der Waals surface area contributed by atoms with E-state index in [4.69, 9.17) is 11.6 Å². The van der Waals surface area contributed by atoms with Crippen molar-refractivity contribution in [2.24, 2.45) is 0 Å². The molecule has 3 heterocycles. The maximum atomic E-state index is 11.2. The highest BCUT2D eigenvalue weighted by Crippen LogP contribution is 2.14. The third-order valence-electron chi connectivity index (χ3n) is 3.14. The third-order valence-corrected chi connectivity index (χ3v) is 3.31. The van der Waals surface area contributed by atoms with Gasteiger partial charge in [0.1, 0.15) is 0 Å². The molecule has 3 saturated heterocycles. The zero-order chi connectivity index (χ0) is 10.8. The summed E-state index contributed by atoms with van der Waals surface area (Å²) in [5.74, 6) is -0.255. The van der Waals surface area contributed by atoms with E-state index in [9.17, 15) is 4.79 Å². The van der Waals surface area contributed by atoms with Crippen molar-refractivity contribution in [2.45, 2.75) is 6.04 Å². The molecule has 3 aliphatic heterocycles. The molecular weight excluding hydrogens is 214 g/mol. The predicted octanol–water partition coefficient (Wildman–Crippen LogP) is -0.145. The van der Waals surface area contributed by atoms with Crippen LogP contribution in [0.3, 0.4) is 0 Å². The molecule has 15 heavy (non-hydrogen) atoms. The van der Waals surface area contributed by atoms with Crippen molar-refractivity contribution < 1.29 is 4.79 Å². The zero-order valence-corrected chi connectivity index (χ0v) is 9.46. The average Bonchev–Trinajstić information content (AvgIpc) is 2.27. The molecule has 1 unspecified atom stereocenters. The number of nitrogens with one attached hydrogen (secondary N) is 1. The van der Waals surface area contributed by atoms with Gasteiger partial charge in [-0.05, 0) is 0 Å². The van der Waals surface area contributed by atoms with E-state index in [1.807, 2.05) is 0 Å². The van der Waals surface area contributed by atoms with Crippen molar-refractivity contribution >= 4 is 17.5 Å². The minimum Gasteiger partial charge on any atom is -0.350 e. The molecule has 0 radical (unpaired) electrons. The number of hydrogen-bond donors (Lipinski definition) is 1. The fraction of sp³-hybridized carbons (Fsp3) is 0.700. The number of hydrogen-bond acceptors (Lipinski definition) is 3. The van der Waals surface area contributed by atoms with E-state index < -0.39 is 0 Å². The Morgan fingerprint density at radius 1 is 1.40 bits per heavy atom. The van der Waals surface area contributed by atoms with Crippen LogP contribution in [-0.2, 0) is 4.79 Å². The molecule has 0 saturated carbocycles. The van der Waals surface area contributed by atoms with Gasteiger partial charge in [-0.2, -0.15) is 0 Å². The van der Waals surface area contributed by atoms with E-state index in [0.29, 0.717) is 12.6 Å². The summed E-state index contributed by atoms with van der Waals surface area (Å²) in [6.07, 6.45) is 0. The second-order valence-electron chi connectivity index (χ2n) is 4.11. The standard InChI is InChI=1S/C10H16ClN3O/c1-8(11)10(15)12-6-9-7-13-2-4-14(9)5-3-13/h9H,1-7H2,(H,12,15). The van der Waals surface area contributed by atoms with Crippen molar-refractivity contribution in [1.29, 1.82) is 0 Å². The first-order chi connectivity index (χ1) is 7.16. The lowest BCUT2D eigenvalue weighted by Gasteiger charge is -2.47. The summed E-state index contributed by atoms with van der Waals surface area (Å²) < 4.78 is 0. The second kappa shape index (κ2) is 4.51. The molecule has 3 fully saturated rings. The lowest BCUT2D eigenvalue weighted by molar-refractivity contribution is -0.117. The third kappa shape index (κ3) is 2.51. The first kappa shape index (κ1) is 10.9. The van der Waals surface area contributed by atoms with Gasteiger partial charge < -0.3 is 5.32 Å². The number of carbonyl (C=O) groups is 1. The number of rotatable bonds is 3. The lowest BCUT2D eigenvalue weighted by Crippen LogP contribution is -2.63. The Kier molecular flexibility index (Phi) is 3.29. The van der Waals surface area contributed by atoms with Crippen LogP contribution < -0.4 is 5.32 Å². The van der Waals surface area contributed by atoms with Crippen molar-refractivity contribution in [2.75, 3.05) is 39.3 Å². The second-order valence-corrected chi connectivity index (χ2v) is 4.56. The van der Waals surface area contributed by atoms with Crippen LogP contribution in [0.25, 0.3) is 0 Å². The van der Waals surface area contributed by atoms with E-state index in [0.717, 1.165) is 32.7 Å². The first-order valence-corrected chi connectivity index (χ1v) is 5.63. The first-order valence-electron chi connectivity index (χ1n) is 5.26. The molecule has 0 aromatic heterocycles. The smallest absolute Gasteiger partial charge is 0.262 e. The fourth-order valence-corrected chi connectivity index (χ4v) is 2.29. The normalized spacial score (nSPS) is 33.8. The highest BCUT2D eigenvalue weighted by molar-refractivity contribution is 6.41. The number of piperazine rings is 3. The Morgan fingerprint density at radius 2 is 2.07 bits per heavy atom. The highest BCUT2D eigenvalue weighted by Gasteiger charge is 2.31. The Bertz CT molecular complexity index is 274.